The molecule has 3 N–H and O–H groups in total. The Morgan fingerprint density at radius 2 is 1.56 bits per heavy atom. The monoisotopic (exact) mass is 994 g/mol. The number of piperidine rings is 5. The summed E-state index contributed by atoms with van der Waals surface area (Å²) in [5, 5.41) is 16.1. The highest BCUT2D eigenvalue weighted by Gasteiger charge is 2.56. The number of carbonyl (C=O) groups excluding carboxylic acids is 4. The summed E-state index contributed by atoms with van der Waals surface area (Å²) in [5.74, 6) is 2.29. The second kappa shape index (κ2) is 19.9. The van der Waals surface area contributed by atoms with E-state index in [1.165, 1.54) is 19.3 Å². The van der Waals surface area contributed by atoms with Crippen LogP contribution < -0.4 is 20.4 Å². The van der Waals surface area contributed by atoms with Gasteiger partial charge in [0.2, 0.25) is 23.6 Å². The lowest BCUT2D eigenvalue weighted by molar-refractivity contribution is -0.139. The summed E-state index contributed by atoms with van der Waals surface area (Å²) in [6.07, 6.45) is 18.0. The molecule has 3 atom stereocenters. The van der Waals surface area contributed by atoms with Gasteiger partial charge in [-0.2, -0.15) is 0 Å². The number of hydrogen-bond acceptors (Lipinski definition) is 11. The zero-order valence-corrected chi connectivity index (χ0v) is 43.0. The fraction of sp³-hybridized carbons (Fsp3) is 0.632. The van der Waals surface area contributed by atoms with Gasteiger partial charge in [-0.1, -0.05) is 24.6 Å². The van der Waals surface area contributed by atoms with Crippen LogP contribution in [0, 0.1) is 11.8 Å². The number of rotatable bonds is 12. The van der Waals surface area contributed by atoms with Crippen LogP contribution in [-0.4, -0.2) is 140 Å². The first kappa shape index (κ1) is 48.3. The number of hydrogen-bond donors (Lipinski definition) is 3. The molecule has 0 radical (unpaired) electrons. The van der Waals surface area contributed by atoms with Crippen molar-refractivity contribution in [2.75, 3.05) is 67.5 Å². The molecule has 5 saturated heterocycles. The van der Waals surface area contributed by atoms with Crippen molar-refractivity contribution < 1.29 is 24.3 Å². The Hall–Kier alpha value is -5.61. The lowest BCUT2D eigenvalue weighted by Crippen LogP contribution is -2.58. The molecule has 7 fully saturated rings. The summed E-state index contributed by atoms with van der Waals surface area (Å²) >= 11 is 0. The van der Waals surface area contributed by atoms with E-state index in [0.717, 1.165) is 135 Å². The molecule has 3 aromatic heterocycles. The summed E-state index contributed by atoms with van der Waals surface area (Å²) in [7, 11) is 0. The SMILES string of the molecule is CC(C)n1cnc2cc(-c3ccc4c(c3)N([C@H]3C[C@@H](N5CCCCC5)C3)C(=O)C43CCN(C(=O)C[C@@H]4CCCN(C(=O)CC5CCN(c6ccc(C7CCC(O)NC7=O)cn6)CC5)C4)CC3)nc(NC3CC3)c21. The first-order chi connectivity index (χ1) is 35.5. The molecule has 2 saturated carbocycles. The van der Waals surface area contributed by atoms with Crippen LogP contribution >= 0.6 is 0 Å². The number of amides is 4. The fourth-order valence-corrected chi connectivity index (χ4v) is 13.7. The molecule has 4 amide bonds. The van der Waals surface area contributed by atoms with Crippen molar-refractivity contribution in [3.63, 3.8) is 0 Å². The molecule has 16 nitrogen and oxygen atoms in total. The zero-order chi connectivity index (χ0) is 50.0. The van der Waals surface area contributed by atoms with Crippen LogP contribution in [0.5, 0.6) is 0 Å². The van der Waals surface area contributed by atoms with Crippen molar-refractivity contribution in [3.05, 3.63) is 60.0 Å². The van der Waals surface area contributed by atoms with Crippen LogP contribution in [0.25, 0.3) is 22.3 Å². The molecular weight excluding hydrogens is 919 g/mol. The fourth-order valence-electron chi connectivity index (χ4n) is 13.7. The maximum absolute atomic E-state index is 15.2. The first-order valence-corrected chi connectivity index (χ1v) is 28.1. The molecular formula is C57H75N11O5. The first-order valence-electron chi connectivity index (χ1n) is 28.1. The third-order valence-corrected chi connectivity index (χ3v) is 18.3. The number of fused-ring (bicyclic) bond motifs is 3. The number of aliphatic hydroxyl groups is 1. The van der Waals surface area contributed by atoms with Gasteiger partial charge in [-0.15, -0.1) is 0 Å². The molecule has 2 aliphatic carbocycles. The Labute approximate surface area is 429 Å². The van der Waals surface area contributed by atoms with Gasteiger partial charge in [-0.3, -0.25) is 19.2 Å². The maximum atomic E-state index is 15.2. The van der Waals surface area contributed by atoms with Crippen molar-refractivity contribution >= 4 is 52.0 Å². The van der Waals surface area contributed by atoms with Crippen molar-refractivity contribution in [3.8, 4) is 11.3 Å². The number of carbonyl (C=O) groups is 4. The summed E-state index contributed by atoms with van der Waals surface area (Å²) in [6.45, 7) is 10.8. The van der Waals surface area contributed by atoms with Gasteiger partial charge in [-0.25, -0.2) is 15.0 Å². The van der Waals surface area contributed by atoms with Crippen LogP contribution in [-0.2, 0) is 24.6 Å². The highest BCUT2D eigenvalue weighted by Crippen LogP contribution is 2.52. The zero-order valence-electron chi connectivity index (χ0n) is 43.0. The number of nitrogens with zero attached hydrogens (tertiary/aromatic N) is 9. The van der Waals surface area contributed by atoms with Gasteiger partial charge in [0, 0.05) is 93.7 Å². The number of pyridine rings is 2. The normalized spacial score (nSPS) is 26.9. The van der Waals surface area contributed by atoms with Gasteiger partial charge >= 0.3 is 0 Å². The van der Waals surface area contributed by atoms with Gasteiger partial charge in [0.15, 0.2) is 5.82 Å². The molecule has 2 unspecified atom stereocenters. The van der Waals surface area contributed by atoms with Crippen LogP contribution in [0.2, 0.25) is 0 Å². The molecule has 6 aliphatic heterocycles. The second-order valence-corrected chi connectivity index (χ2v) is 23.4. The minimum absolute atomic E-state index is 0.128. The van der Waals surface area contributed by atoms with Gasteiger partial charge in [0.05, 0.1) is 28.9 Å². The molecule has 0 bridgehead atoms. The Balaban J connectivity index is 0.682. The van der Waals surface area contributed by atoms with E-state index >= 15 is 4.79 Å². The predicted molar refractivity (Wildman–Crippen MR) is 281 cm³/mol. The average molecular weight is 994 g/mol. The highest BCUT2D eigenvalue weighted by molar-refractivity contribution is 6.09. The molecule has 4 aromatic rings. The third-order valence-electron chi connectivity index (χ3n) is 18.3. The minimum atomic E-state index is -0.773. The number of imidazole rings is 1. The Kier molecular flexibility index (Phi) is 13.2. The largest absolute Gasteiger partial charge is 0.374 e. The van der Waals surface area contributed by atoms with E-state index in [1.54, 1.807) is 6.20 Å². The standard InChI is InChI=1S/C57H75N11O5/c1-36(2)67-35-59-47-32-46(61-54(53(47)67)60-41-10-11-41)39-8-13-45-48(29-39)68(43-30-42(31-43)63-20-4-3-5-21-63)56(73)57(45)18-25-65(26-19-57)51(70)28-38-7-6-22-66(34-38)52(71)27-37-16-23-64(24-17-37)49-14-9-40(33-58-49)44-12-15-50(69)62-55(44)72/h8-9,13-14,29,32-33,35-38,41-44,50,69H,3-7,10-12,15-28,30-31,34H2,1-2H3,(H,60,61)(H,62,72)/t38-,42-,43+,44?,50?/m0/s1. The molecule has 388 valence electrons. The van der Waals surface area contributed by atoms with Crippen LogP contribution in [0.15, 0.2) is 48.9 Å². The molecule has 1 aromatic carbocycles. The molecule has 73 heavy (non-hydrogen) atoms. The van der Waals surface area contributed by atoms with Gasteiger partial charge in [0.25, 0.3) is 0 Å². The van der Waals surface area contributed by atoms with Crippen molar-refractivity contribution in [1.82, 2.24) is 39.5 Å². The number of benzene rings is 1. The topological polar surface area (TPSA) is 172 Å². The summed E-state index contributed by atoms with van der Waals surface area (Å²) in [6, 6.07) is 14.0. The van der Waals surface area contributed by atoms with Crippen molar-refractivity contribution in [2.24, 2.45) is 11.8 Å². The van der Waals surface area contributed by atoms with E-state index in [1.807, 2.05) is 28.3 Å². The van der Waals surface area contributed by atoms with E-state index in [0.29, 0.717) is 76.2 Å². The number of aromatic nitrogens is 4. The van der Waals surface area contributed by atoms with Gasteiger partial charge in [-0.05, 0) is 158 Å². The number of likely N-dealkylation sites (tertiary alicyclic amines) is 3. The molecule has 1 spiro atoms. The predicted octanol–water partition coefficient (Wildman–Crippen LogP) is 7.12. The summed E-state index contributed by atoms with van der Waals surface area (Å²) in [5.41, 5.74) is 6.13. The maximum Gasteiger partial charge on any atom is 0.238 e. The quantitative estimate of drug-likeness (QED) is 0.132. The van der Waals surface area contributed by atoms with Gasteiger partial charge < -0.3 is 44.8 Å². The molecule has 16 heteroatoms. The highest BCUT2D eigenvalue weighted by atomic mass is 16.3. The Bertz CT molecular complexity index is 2710. The van der Waals surface area contributed by atoms with Gasteiger partial charge in [0.1, 0.15) is 17.6 Å². The van der Waals surface area contributed by atoms with Crippen molar-refractivity contribution in [2.45, 2.75) is 165 Å². The van der Waals surface area contributed by atoms with E-state index in [9.17, 15) is 19.5 Å². The van der Waals surface area contributed by atoms with Crippen LogP contribution in [0.3, 0.4) is 0 Å². The lowest BCUT2D eigenvalue weighted by atomic mass is 9.73. The Morgan fingerprint density at radius 3 is 2.29 bits per heavy atom. The summed E-state index contributed by atoms with van der Waals surface area (Å²) in [4.78, 5) is 81.6. The number of nitrogens with one attached hydrogen (secondary N) is 2. The Morgan fingerprint density at radius 1 is 0.795 bits per heavy atom. The van der Waals surface area contributed by atoms with E-state index in [-0.39, 0.29) is 47.5 Å². The van der Waals surface area contributed by atoms with E-state index in [2.05, 4.69) is 68.0 Å². The lowest BCUT2D eigenvalue weighted by Gasteiger charge is -2.48. The van der Waals surface area contributed by atoms with Crippen LogP contribution in [0.1, 0.15) is 146 Å². The third kappa shape index (κ3) is 9.48. The van der Waals surface area contributed by atoms with Crippen molar-refractivity contribution in [1.29, 1.82) is 0 Å². The number of anilines is 3. The molecule has 8 aliphatic rings. The summed E-state index contributed by atoms with van der Waals surface area (Å²) < 4.78 is 2.20. The second-order valence-electron chi connectivity index (χ2n) is 23.4. The molecule has 12 rings (SSSR count). The van der Waals surface area contributed by atoms with E-state index < -0.39 is 11.6 Å². The van der Waals surface area contributed by atoms with E-state index in [4.69, 9.17) is 15.0 Å². The number of aliphatic hydroxyl groups excluding tert-OH is 1. The minimum Gasteiger partial charge on any atom is -0.374 e. The average Bonchev–Trinajstić information content (AvgIpc) is 4.05. The van der Waals surface area contributed by atoms with Crippen LogP contribution in [0.4, 0.5) is 17.3 Å². The molecule has 9 heterocycles. The smallest absolute Gasteiger partial charge is 0.238 e.